The minimum Gasteiger partial charge on any atom is -0.346 e. The molecule has 0 spiro atoms. The molecule has 0 bridgehead atoms. The lowest BCUT2D eigenvalue weighted by atomic mass is 9.89. The predicted octanol–water partition coefficient (Wildman–Crippen LogP) is 4.54. The molecular formula is C25H32N2O3S. The van der Waals surface area contributed by atoms with Gasteiger partial charge in [-0.15, -0.1) is 0 Å². The molecule has 2 aromatic rings. The molecule has 0 aromatic heterocycles. The Morgan fingerprint density at radius 2 is 1.65 bits per heavy atom. The monoisotopic (exact) mass is 440 g/mol. The first-order valence-electron chi connectivity index (χ1n) is 11.4. The van der Waals surface area contributed by atoms with Crippen LogP contribution in [0.4, 0.5) is 0 Å². The molecule has 6 heteroatoms. The molecule has 0 saturated carbocycles. The first kappa shape index (κ1) is 22.0. The lowest BCUT2D eigenvalue weighted by molar-refractivity contribution is 0.0939. The second kappa shape index (κ2) is 9.13. The highest BCUT2D eigenvalue weighted by atomic mass is 32.2. The van der Waals surface area contributed by atoms with Crippen LogP contribution in [-0.4, -0.2) is 31.7 Å². The fraction of sp³-hybridized carbons (Fsp3) is 0.480. The van der Waals surface area contributed by atoms with Crippen molar-refractivity contribution >= 4 is 15.9 Å². The molecule has 1 atom stereocenters. The van der Waals surface area contributed by atoms with E-state index in [1.54, 1.807) is 23.4 Å². The third kappa shape index (κ3) is 4.70. The number of carbonyl (C=O) groups is 1. The van der Waals surface area contributed by atoms with Crippen molar-refractivity contribution in [3.8, 4) is 0 Å². The van der Waals surface area contributed by atoms with Crippen LogP contribution >= 0.6 is 0 Å². The minimum atomic E-state index is -3.59. The van der Waals surface area contributed by atoms with Crippen LogP contribution < -0.4 is 5.32 Å². The maximum Gasteiger partial charge on any atom is 0.251 e. The van der Waals surface area contributed by atoms with Crippen LogP contribution in [0, 0.1) is 6.92 Å². The van der Waals surface area contributed by atoms with Crippen molar-refractivity contribution in [1.29, 1.82) is 0 Å². The van der Waals surface area contributed by atoms with Crippen molar-refractivity contribution < 1.29 is 13.2 Å². The van der Waals surface area contributed by atoms with E-state index in [1.807, 2.05) is 6.92 Å². The lowest BCUT2D eigenvalue weighted by Crippen LogP contribution is -2.36. The Labute approximate surface area is 185 Å². The molecule has 0 radical (unpaired) electrons. The number of hydrogen-bond donors (Lipinski definition) is 1. The summed E-state index contributed by atoms with van der Waals surface area (Å²) in [5.41, 5.74) is 4.94. The standard InChI is InChI=1S/C25H32N2O3S/c1-18-10-11-23(17-24(18)31(29,30)27-14-6-3-7-15-27)25(28)26-19(2)21-13-12-20-8-4-5-9-22(20)16-21/h10-13,16-17,19H,3-9,14-15H2,1-2H3,(H,26,28). The van der Waals surface area contributed by atoms with Gasteiger partial charge in [0.15, 0.2) is 0 Å². The summed E-state index contributed by atoms with van der Waals surface area (Å²) in [6, 6.07) is 11.3. The van der Waals surface area contributed by atoms with Crippen LogP contribution in [0.1, 0.15) is 77.7 Å². The highest BCUT2D eigenvalue weighted by Crippen LogP contribution is 2.26. The second-order valence-electron chi connectivity index (χ2n) is 8.88. The predicted molar refractivity (Wildman–Crippen MR) is 123 cm³/mol. The molecule has 1 heterocycles. The summed E-state index contributed by atoms with van der Waals surface area (Å²) < 4.78 is 27.9. The molecule has 1 aliphatic carbocycles. The van der Waals surface area contributed by atoms with Gasteiger partial charge < -0.3 is 5.32 Å². The van der Waals surface area contributed by atoms with Crippen molar-refractivity contribution in [1.82, 2.24) is 9.62 Å². The maximum absolute atomic E-state index is 13.2. The van der Waals surface area contributed by atoms with Gasteiger partial charge in [-0.3, -0.25) is 4.79 Å². The lowest BCUT2D eigenvalue weighted by Gasteiger charge is -2.26. The molecule has 1 fully saturated rings. The van der Waals surface area contributed by atoms with Gasteiger partial charge in [0.05, 0.1) is 10.9 Å². The maximum atomic E-state index is 13.2. The highest BCUT2D eigenvalue weighted by Gasteiger charge is 2.28. The van der Waals surface area contributed by atoms with E-state index < -0.39 is 10.0 Å². The number of rotatable bonds is 5. The van der Waals surface area contributed by atoms with Gasteiger partial charge in [-0.25, -0.2) is 8.42 Å². The summed E-state index contributed by atoms with van der Waals surface area (Å²) in [5.74, 6) is -0.250. The molecule has 5 nitrogen and oxygen atoms in total. The van der Waals surface area contributed by atoms with Crippen molar-refractivity contribution in [2.24, 2.45) is 0 Å². The van der Waals surface area contributed by atoms with Crippen molar-refractivity contribution in [3.05, 3.63) is 64.2 Å². The summed E-state index contributed by atoms with van der Waals surface area (Å²) in [7, 11) is -3.59. The van der Waals surface area contributed by atoms with E-state index in [1.165, 1.54) is 30.0 Å². The smallest absolute Gasteiger partial charge is 0.251 e. The summed E-state index contributed by atoms with van der Waals surface area (Å²) in [6.07, 6.45) is 7.53. The number of fused-ring (bicyclic) bond motifs is 1. The SMILES string of the molecule is Cc1ccc(C(=O)NC(C)c2ccc3c(c2)CCCC3)cc1S(=O)(=O)N1CCCCC1. The molecule has 166 valence electrons. The van der Waals surface area contributed by atoms with Crippen LogP contribution in [0.5, 0.6) is 0 Å². The average Bonchev–Trinajstić information content (AvgIpc) is 2.79. The van der Waals surface area contributed by atoms with Crippen LogP contribution in [0.15, 0.2) is 41.3 Å². The molecule has 1 unspecified atom stereocenters. The van der Waals surface area contributed by atoms with Crippen molar-refractivity contribution in [2.45, 2.75) is 69.7 Å². The highest BCUT2D eigenvalue weighted by molar-refractivity contribution is 7.89. The summed E-state index contributed by atoms with van der Waals surface area (Å²) >= 11 is 0. The quantitative estimate of drug-likeness (QED) is 0.742. The van der Waals surface area contributed by atoms with E-state index >= 15 is 0 Å². The van der Waals surface area contributed by atoms with Gasteiger partial charge in [0.25, 0.3) is 5.91 Å². The summed E-state index contributed by atoms with van der Waals surface area (Å²) in [6.45, 7) is 4.86. The molecule has 4 rings (SSSR count). The minimum absolute atomic E-state index is 0.150. The number of nitrogens with one attached hydrogen (secondary N) is 1. The van der Waals surface area contributed by atoms with E-state index in [9.17, 15) is 13.2 Å². The van der Waals surface area contributed by atoms with Crippen molar-refractivity contribution in [3.63, 3.8) is 0 Å². The Kier molecular flexibility index (Phi) is 6.49. The van der Waals surface area contributed by atoms with Gasteiger partial charge in [-0.2, -0.15) is 4.31 Å². The second-order valence-corrected chi connectivity index (χ2v) is 10.8. The van der Waals surface area contributed by atoms with Crippen LogP contribution in [0.2, 0.25) is 0 Å². The molecule has 1 saturated heterocycles. The molecule has 2 aliphatic rings. The van der Waals surface area contributed by atoms with Crippen LogP contribution in [-0.2, 0) is 22.9 Å². The molecular weight excluding hydrogens is 408 g/mol. The molecule has 1 N–H and O–H groups in total. The number of sulfonamides is 1. The van der Waals surface area contributed by atoms with E-state index in [0.29, 0.717) is 24.2 Å². The van der Waals surface area contributed by atoms with E-state index in [-0.39, 0.29) is 16.8 Å². The first-order valence-corrected chi connectivity index (χ1v) is 12.8. The summed E-state index contributed by atoms with van der Waals surface area (Å²) in [5, 5.41) is 3.05. The zero-order valence-corrected chi connectivity index (χ0v) is 19.3. The van der Waals surface area contributed by atoms with E-state index in [2.05, 4.69) is 23.5 Å². The molecule has 1 aliphatic heterocycles. The molecule has 2 aromatic carbocycles. The Morgan fingerprint density at radius 1 is 0.935 bits per heavy atom. The Bertz CT molecular complexity index is 1070. The first-order chi connectivity index (χ1) is 14.9. The van der Waals surface area contributed by atoms with E-state index in [0.717, 1.165) is 37.7 Å². The largest absolute Gasteiger partial charge is 0.346 e. The van der Waals surface area contributed by atoms with Gasteiger partial charge in [0.1, 0.15) is 0 Å². The van der Waals surface area contributed by atoms with Crippen LogP contribution in [0.3, 0.4) is 0 Å². The van der Waals surface area contributed by atoms with Gasteiger partial charge >= 0.3 is 0 Å². The Morgan fingerprint density at radius 3 is 2.39 bits per heavy atom. The molecule has 1 amide bonds. The van der Waals surface area contributed by atoms with Gasteiger partial charge in [-0.1, -0.05) is 30.7 Å². The average molecular weight is 441 g/mol. The fourth-order valence-electron chi connectivity index (χ4n) is 4.65. The normalized spacial score (nSPS) is 18.3. The van der Waals surface area contributed by atoms with Gasteiger partial charge in [0.2, 0.25) is 10.0 Å². The third-order valence-electron chi connectivity index (χ3n) is 6.60. The topological polar surface area (TPSA) is 66.5 Å². The number of carbonyl (C=O) groups excluding carboxylic acids is 1. The van der Waals surface area contributed by atoms with Gasteiger partial charge in [0, 0.05) is 18.7 Å². The van der Waals surface area contributed by atoms with E-state index in [4.69, 9.17) is 0 Å². The Balaban J connectivity index is 1.53. The third-order valence-corrected chi connectivity index (χ3v) is 8.64. The number of amides is 1. The number of piperidine rings is 1. The number of benzene rings is 2. The fourth-order valence-corrected chi connectivity index (χ4v) is 6.42. The zero-order chi connectivity index (χ0) is 22.0. The zero-order valence-electron chi connectivity index (χ0n) is 18.5. The number of hydrogen-bond acceptors (Lipinski definition) is 3. The number of aryl methyl sites for hydroxylation is 3. The van der Waals surface area contributed by atoms with Crippen molar-refractivity contribution in [2.75, 3.05) is 13.1 Å². The Hall–Kier alpha value is -2.18. The van der Waals surface area contributed by atoms with Gasteiger partial charge in [-0.05, 0) is 86.8 Å². The number of nitrogens with zero attached hydrogens (tertiary/aromatic N) is 1. The summed E-state index contributed by atoms with van der Waals surface area (Å²) in [4.78, 5) is 13.2. The van der Waals surface area contributed by atoms with Crippen LogP contribution in [0.25, 0.3) is 0 Å². The molecule has 31 heavy (non-hydrogen) atoms.